The molecule has 266 valence electrons. The third-order valence-electron chi connectivity index (χ3n) is 9.41. The second kappa shape index (κ2) is 13.8. The Kier molecular flexibility index (Phi) is 9.74. The molecule has 4 heterocycles. The normalized spacial score (nSPS) is 25.3. The van der Waals surface area contributed by atoms with Gasteiger partial charge in [0.15, 0.2) is 17.1 Å². The van der Waals surface area contributed by atoms with Crippen molar-refractivity contribution in [3.63, 3.8) is 0 Å². The van der Waals surface area contributed by atoms with Crippen LogP contribution in [0, 0.1) is 5.41 Å². The second-order valence-corrected chi connectivity index (χ2v) is 14.5. The number of benzene rings is 1. The van der Waals surface area contributed by atoms with E-state index in [4.69, 9.17) is 23.8 Å². The summed E-state index contributed by atoms with van der Waals surface area (Å²) < 4.78 is 21.8. The van der Waals surface area contributed by atoms with Gasteiger partial charge in [-0.15, -0.1) is 0 Å². The highest BCUT2D eigenvalue weighted by atomic mass is 16.7. The lowest BCUT2D eigenvalue weighted by Crippen LogP contribution is -2.59. The van der Waals surface area contributed by atoms with Crippen LogP contribution >= 0.6 is 0 Å². The molecule has 0 unspecified atom stereocenters. The van der Waals surface area contributed by atoms with E-state index in [2.05, 4.69) is 21.1 Å². The molecule has 4 aliphatic heterocycles. The lowest BCUT2D eigenvalue weighted by atomic mass is 9.85. The third-order valence-corrected chi connectivity index (χ3v) is 9.41. The number of rotatable bonds is 11. The van der Waals surface area contributed by atoms with Crippen molar-refractivity contribution in [1.82, 2.24) is 20.9 Å². The van der Waals surface area contributed by atoms with E-state index in [9.17, 15) is 24.0 Å². The predicted molar refractivity (Wildman–Crippen MR) is 173 cm³/mol. The Labute approximate surface area is 284 Å². The molecule has 0 bridgehead atoms. The molecule has 3 fully saturated rings. The smallest absolute Gasteiger partial charge is 0.408 e. The molecule has 4 amide bonds. The Balaban J connectivity index is 1.24. The van der Waals surface area contributed by atoms with E-state index in [1.807, 2.05) is 13.0 Å². The van der Waals surface area contributed by atoms with Gasteiger partial charge in [0.05, 0.1) is 31.5 Å². The topological polar surface area (TPSA) is 183 Å². The van der Waals surface area contributed by atoms with Crippen molar-refractivity contribution in [2.75, 3.05) is 26.6 Å². The van der Waals surface area contributed by atoms with Crippen LogP contribution in [0.2, 0.25) is 0 Å². The molecule has 0 aromatic heterocycles. The Bertz CT molecular complexity index is 1510. The number of Topliss-reactive ketones (excluding diaryl/α,β-unsaturated/α-hetero) is 1. The fraction of sp³-hybridized carbons (Fsp3) is 0.647. The molecule has 1 aromatic carbocycles. The molecule has 5 atom stereocenters. The fourth-order valence-corrected chi connectivity index (χ4v) is 6.55. The van der Waals surface area contributed by atoms with Crippen LogP contribution < -0.4 is 25.4 Å². The molecule has 2 saturated heterocycles. The zero-order valence-corrected chi connectivity index (χ0v) is 28.4. The van der Waals surface area contributed by atoms with E-state index in [-0.39, 0.29) is 45.2 Å². The zero-order valence-electron chi connectivity index (χ0n) is 28.4. The molecule has 1 aliphatic carbocycles. The van der Waals surface area contributed by atoms with Gasteiger partial charge in [0.1, 0.15) is 18.2 Å². The number of hydrogen-bond donors (Lipinski definition) is 3. The van der Waals surface area contributed by atoms with Crippen LogP contribution in [0.15, 0.2) is 23.4 Å². The first kappa shape index (κ1) is 34.5. The first-order chi connectivity index (χ1) is 23.4. The maximum Gasteiger partial charge on any atom is 0.408 e. The molecule has 6 rings (SSSR count). The summed E-state index contributed by atoms with van der Waals surface area (Å²) in [7, 11) is 0. The molecule has 1 saturated carbocycles. The highest BCUT2D eigenvalue weighted by Gasteiger charge is 2.56. The molecular formula is C34H45N5O10. The summed E-state index contributed by atoms with van der Waals surface area (Å²) in [6, 6.07) is 2.15. The zero-order chi connectivity index (χ0) is 34.9. The number of alkyl carbamates (subject to hydrolysis) is 1. The van der Waals surface area contributed by atoms with Crippen LogP contribution in [0.25, 0.3) is 0 Å². The molecular weight excluding hydrogens is 638 g/mol. The molecule has 0 radical (unpaired) electrons. The number of oxime groups is 1. The number of hydrogen-bond acceptors (Lipinski definition) is 11. The van der Waals surface area contributed by atoms with E-state index >= 15 is 0 Å². The monoisotopic (exact) mass is 683 g/mol. The summed E-state index contributed by atoms with van der Waals surface area (Å²) >= 11 is 0. The standard InChI is InChI=1S/C34H45N5O10/c1-5-6-22(27(40)30(42)35-20-8-9-20)36-29(41)24-15-34(14-23(38-49-34)19-7-10-25-26(13-19)47-18-46-25)17-39(24)31(43)28(33(2,3)4)37-32(44)48-21-11-12-45-16-21/h7,10,13,20-22,24,28H,5-6,8-9,11-12,14-18H2,1-4H3,(H,35,42)(H,36,41)(H,37,44)/t21-,22-,24-,28+,34-/m0/s1. The number of nitrogens with one attached hydrogen (secondary N) is 3. The first-order valence-electron chi connectivity index (χ1n) is 17.0. The van der Waals surface area contributed by atoms with Crippen LogP contribution in [0.5, 0.6) is 11.5 Å². The predicted octanol–water partition coefficient (Wildman–Crippen LogP) is 1.94. The fourth-order valence-electron chi connectivity index (χ4n) is 6.55. The first-order valence-corrected chi connectivity index (χ1v) is 17.0. The number of carbonyl (C=O) groups is 5. The molecule has 1 aromatic rings. The minimum Gasteiger partial charge on any atom is -0.454 e. The van der Waals surface area contributed by atoms with Crippen LogP contribution in [0.3, 0.4) is 0 Å². The van der Waals surface area contributed by atoms with E-state index in [1.165, 1.54) is 4.90 Å². The highest BCUT2D eigenvalue weighted by molar-refractivity contribution is 6.38. The van der Waals surface area contributed by atoms with E-state index in [0.29, 0.717) is 36.7 Å². The van der Waals surface area contributed by atoms with Gasteiger partial charge in [-0.05, 0) is 42.9 Å². The van der Waals surface area contributed by atoms with E-state index < -0.39 is 64.8 Å². The quantitative estimate of drug-likeness (QED) is 0.292. The molecule has 3 N–H and O–H groups in total. The molecule has 49 heavy (non-hydrogen) atoms. The van der Waals surface area contributed by atoms with Crippen molar-refractivity contribution in [2.45, 2.75) is 109 Å². The number of likely N-dealkylation sites (tertiary alicyclic amines) is 1. The molecule has 5 aliphatic rings. The number of carbonyl (C=O) groups excluding carboxylic acids is 5. The van der Waals surface area contributed by atoms with Gasteiger partial charge in [-0.2, -0.15) is 0 Å². The molecule has 15 heteroatoms. The summed E-state index contributed by atoms with van der Waals surface area (Å²) in [5.41, 5.74) is -0.502. The van der Waals surface area contributed by atoms with Crippen molar-refractivity contribution < 1.29 is 47.8 Å². The van der Waals surface area contributed by atoms with Crippen molar-refractivity contribution in [3.8, 4) is 11.5 Å². The minimum absolute atomic E-state index is 0.0181. The number of fused-ring (bicyclic) bond motifs is 1. The van der Waals surface area contributed by atoms with Crippen LogP contribution in [-0.2, 0) is 33.5 Å². The van der Waals surface area contributed by atoms with Gasteiger partial charge < -0.3 is 44.6 Å². The summed E-state index contributed by atoms with van der Waals surface area (Å²) in [6.07, 6.45) is 2.10. The van der Waals surface area contributed by atoms with Gasteiger partial charge in [-0.1, -0.05) is 39.3 Å². The minimum atomic E-state index is -1.09. The van der Waals surface area contributed by atoms with Gasteiger partial charge in [-0.3, -0.25) is 19.2 Å². The lowest BCUT2D eigenvalue weighted by Gasteiger charge is -2.35. The van der Waals surface area contributed by atoms with Crippen molar-refractivity contribution in [1.29, 1.82) is 0 Å². The van der Waals surface area contributed by atoms with Crippen molar-refractivity contribution in [3.05, 3.63) is 23.8 Å². The Morgan fingerprint density at radius 1 is 1.08 bits per heavy atom. The van der Waals surface area contributed by atoms with E-state index in [0.717, 1.165) is 18.4 Å². The number of amides is 4. The van der Waals surface area contributed by atoms with Gasteiger partial charge in [-0.25, -0.2) is 4.79 Å². The van der Waals surface area contributed by atoms with Gasteiger partial charge in [0.2, 0.25) is 24.4 Å². The SMILES string of the molecule is CCC[C@H](NC(=O)[C@@H]1C[C@@]2(CC(c3ccc4c(c3)OCO4)=NO2)CN1C(=O)[C@@H](NC(=O)O[C@H]1CCOC1)C(C)(C)C)C(=O)C(=O)NC1CC1. The molecule has 1 spiro atoms. The number of nitrogens with zero attached hydrogens (tertiary/aromatic N) is 2. The summed E-state index contributed by atoms with van der Waals surface area (Å²) in [5.74, 6) is -1.39. The average Bonchev–Trinajstić information content (AvgIpc) is 3.48. The maximum absolute atomic E-state index is 14.5. The van der Waals surface area contributed by atoms with E-state index in [1.54, 1.807) is 32.9 Å². The summed E-state index contributed by atoms with van der Waals surface area (Å²) in [4.78, 5) is 74.8. The Morgan fingerprint density at radius 3 is 2.55 bits per heavy atom. The van der Waals surface area contributed by atoms with Gasteiger partial charge >= 0.3 is 6.09 Å². The summed E-state index contributed by atoms with van der Waals surface area (Å²) in [5, 5.41) is 12.6. The van der Waals surface area contributed by atoms with Crippen molar-refractivity contribution in [2.24, 2.45) is 10.6 Å². The second-order valence-electron chi connectivity index (χ2n) is 14.5. The average molecular weight is 684 g/mol. The van der Waals surface area contributed by atoms with Crippen molar-refractivity contribution >= 4 is 35.3 Å². The number of ether oxygens (including phenoxy) is 4. The van der Waals surface area contributed by atoms with Crippen LogP contribution in [-0.4, -0.2) is 103 Å². The van der Waals surface area contributed by atoms with Crippen LogP contribution in [0.1, 0.15) is 78.2 Å². The largest absolute Gasteiger partial charge is 0.454 e. The molecule has 15 nitrogen and oxygen atoms in total. The maximum atomic E-state index is 14.5. The third kappa shape index (κ3) is 7.76. The van der Waals surface area contributed by atoms with Crippen LogP contribution in [0.4, 0.5) is 4.79 Å². The Hall–Kier alpha value is -4.40. The summed E-state index contributed by atoms with van der Waals surface area (Å²) in [6.45, 7) is 8.11. The highest BCUT2D eigenvalue weighted by Crippen LogP contribution is 2.41. The number of ketones is 1. The lowest BCUT2D eigenvalue weighted by molar-refractivity contribution is -0.144. The van der Waals surface area contributed by atoms with Gasteiger partial charge in [0.25, 0.3) is 5.91 Å². The Morgan fingerprint density at radius 2 is 1.86 bits per heavy atom. The van der Waals surface area contributed by atoms with Gasteiger partial charge in [0, 0.05) is 30.9 Å².